The maximum absolute atomic E-state index is 2.41. The lowest BCUT2D eigenvalue weighted by atomic mass is 10.0. The molecule has 0 fully saturated rings. The van der Waals surface area contributed by atoms with Crippen molar-refractivity contribution in [1.29, 1.82) is 0 Å². The number of rotatable bonds is 6. The van der Waals surface area contributed by atoms with E-state index in [0.717, 1.165) is 17.1 Å². The molecule has 51 heavy (non-hydrogen) atoms. The minimum atomic E-state index is 1.11. The molecule has 10 rings (SSSR count). The van der Waals surface area contributed by atoms with Crippen LogP contribution in [-0.2, 0) is 0 Å². The second-order valence-electron chi connectivity index (χ2n) is 13.0. The molecule has 8 aromatic carbocycles. The normalized spacial score (nSPS) is 11.5. The molecular formula is C48H32N2S. The van der Waals surface area contributed by atoms with Crippen molar-refractivity contribution in [2.45, 2.75) is 0 Å². The summed E-state index contributed by atoms with van der Waals surface area (Å²) in [5, 5.41) is 5.15. The van der Waals surface area contributed by atoms with Crippen LogP contribution in [0.1, 0.15) is 0 Å². The van der Waals surface area contributed by atoms with Crippen molar-refractivity contribution < 1.29 is 0 Å². The summed E-state index contributed by atoms with van der Waals surface area (Å²) in [7, 11) is 0. The highest BCUT2D eigenvalue weighted by molar-refractivity contribution is 7.25. The molecule has 240 valence electrons. The van der Waals surface area contributed by atoms with Crippen molar-refractivity contribution in [3.05, 3.63) is 194 Å². The quantitative estimate of drug-likeness (QED) is 0.171. The van der Waals surface area contributed by atoms with Crippen molar-refractivity contribution in [1.82, 2.24) is 4.57 Å². The van der Waals surface area contributed by atoms with Gasteiger partial charge in [-0.1, -0.05) is 133 Å². The second kappa shape index (κ2) is 12.2. The Bertz CT molecular complexity index is 2790. The summed E-state index contributed by atoms with van der Waals surface area (Å²) in [6.07, 6.45) is 0. The topological polar surface area (TPSA) is 8.17 Å². The van der Waals surface area contributed by atoms with Crippen molar-refractivity contribution >= 4 is 70.4 Å². The number of nitrogens with zero attached hydrogens (tertiary/aromatic N) is 2. The average molecular weight is 669 g/mol. The van der Waals surface area contributed by atoms with Gasteiger partial charge in [0, 0.05) is 53.6 Å². The van der Waals surface area contributed by atoms with Gasteiger partial charge in [-0.3, -0.25) is 0 Å². The van der Waals surface area contributed by atoms with Gasteiger partial charge in [-0.05, 0) is 77.4 Å². The lowest BCUT2D eigenvalue weighted by Crippen LogP contribution is -2.09. The lowest BCUT2D eigenvalue weighted by molar-refractivity contribution is 1.18. The first-order chi connectivity index (χ1) is 25.3. The third-order valence-electron chi connectivity index (χ3n) is 10.0. The third-order valence-corrected chi connectivity index (χ3v) is 11.1. The van der Waals surface area contributed by atoms with Gasteiger partial charge in [0.15, 0.2) is 0 Å². The second-order valence-corrected chi connectivity index (χ2v) is 14.0. The monoisotopic (exact) mass is 668 g/mol. The number of benzene rings is 8. The van der Waals surface area contributed by atoms with Crippen molar-refractivity contribution in [3.63, 3.8) is 0 Å². The molecule has 2 aromatic heterocycles. The zero-order valence-corrected chi connectivity index (χ0v) is 28.6. The Morgan fingerprint density at radius 2 is 0.863 bits per heavy atom. The average Bonchev–Trinajstić information content (AvgIpc) is 3.74. The summed E-state index contributed by atoms with van der Waals surface area (Å²) in [5.74, 6) is 0. The van der Waals surface area contributed by atoms with Crippen LogP contribution in [-0.4, -0.2) is 4.57 Å². The number of hydrogen-bond donors (Lipinski definition) is 0. The predicted octanol–water partition coefficient (Wildman–Crippen LogP) is 14.0. The molecule has 0 aliphatic heterocycles. The summed E-state index contributed by atoms with van der Waals surface area (Å²) < 4.78 is 5.01. The van der Waals surface area contributed by atoms with Crippen molar-refractivity contribution in [3.8, 4) is 27.9 Å². The zero-order valence-electron chi connectivity index (χ0n) is 27.8. The fourth-order valence-corrected chi connectivity index (χ4v) is 8.76. The maximum atomic E-state index is 2.41. The molecule has 0 saturated heterocycles. The lowest BCUT2D eigenvalue weighted by Gasteiger charge is -2.26. The van der Waals surface area contributed by atoms with Crippen LogP contribution in [0, 0.1) is 0 Å². The number of thiophene rings is 1. The molecule has 2 heterocycles. The first-order valence-corrected chi connectivity index (χ1v) is 18.2. The van der Waals surface area contributed by atoms with Gasteiger partial charge >= 0.3 is 0 Å². The Morgan fingerprint density at radius 1 is 0.353 bits per heavy atom. The van der Waals surface area contributed by atoms with E-state index in [1.807, 2.05) is 11.3 Å². The Labute approximate surface area is 300 Å². The summed E-state index contributed by atoms with van der Waals surface area (Å²) in [5.41, 5.74) is 11.8. The van der Waals surface area contributed by atoms with Gasteiger partial charge in [0.2, 0.25) is 0 Å². The molecule has 0 bridgehead atoms. The van der Waals surface area contributed by atoms with Gasteiger partial charge in [-0.15, -0.1) is 11.3 Å². The van der Waals surface area contributed by atoms with E-state index in [1.54, 1.807) is 0 Å². The molecular weight excluding hydrogens is 637 g/mol. The molecule has 2 nitrogen and oxygen atoms in total. The number of fused-ring (bicyclic) bond motifs is 6. The van der Waals surface area contributed by atoms with E-state index in [4.69, 9.17) is 0 Å². The van der Waals surface area contributed by atoms with Crippen LogP contribution in [0.25, 0.3) is 69.9 Å². The first-order valence-electron chi connectivity index (χ1n) is 17.4. The summed E-state index contributed by atoms with van der Waals surface area (Å²) in [6.45, 7) is 0. The van der Waals surface area contributed by atoms with Crippen LogP contribution in [0.4, 0.5) is 17.1 Å². The van der Waals surface area contributed by atoms with E-state index in [1.165, 1.54) is 69.9 Å². The maximum Gasteiger partial charge on any atom is 0.0541 e. The van der Waals surface area contributed by atoms with Gasteiger partial charge in [-0.25, -0.2) is 0 Å². The van der Waals surface area contributed by atoms with Crippen molar-refractivity contribution in [2.24, 2.45) is 0 Å². The molecule has 0 saturated carbocycles. The molecule has 0 aliphatic rings. The van der Waals surface area contributed by atoms with E-state index in [2.05, 4.69) is 204 Å². The van der Waals surface area contributed by atoms with Gasteiger partial charge in [0.25, 0.3) is 0 Å². The largest absolute Gasteiger partial charge is 0.310 e. The predicted molar refractivity (Wildman–Crippen MR) is 219 cm³/mol. The number of para-hydroxylation sites is 3. The smallest absolute Gasteiger partial charge is 0.0541 e. The summed E-state index contributed by atoms with van der Waals surface area (Å²) >= 11 is 1.86. The zero-order chi connectivity index (χ0) is 33.7. The molecule has 0 radical (unpaired) electrons. The van der Waals surface area contributed by atoms with Crippen LogP contribution in [0.15, 0.2) is 194 Å². The van der Waals surface area contributed by atoms with Gasteiger partial charge < -0.3 is 9.47 Å². The Morgan fingerprint density at radius 3 is 1.57 bits per heavy atom. The molecule has 10 aromatic rings. The van der Waals surface area contributed by atoms with E-state index in [9.17, 15) is 0 Å². The number of hydrogen-bond acceptors (Lipinski definition) is 2. The van der Waals surface area contributed by atoms with Crippen LogP contribution in [0.5, 0.6) is 0 Å². The van der Waals surface area contributed by atoms with Gasteiger partial charge in [0.1, 0.15) is 0 Å². The molecule has 0 spiro atoms. The van der Waals surface area contributed by atoms with Crippen LogP contribution < -0.4 is 4.90 Å². The highest BCUT2D eigenvalue weighted by Crippen LogP contribution is 2.42. The molecule has 0 atom stereocenters. The fourth-order valence-electron chi connectivity index (χ4n) is 7.62. The first kappa shape index (κ1) is 29.5. The van der Waals surface area contributed by atoms with E-state index in [0.29, 0.717) is 0 Å². The molecule has 0 unspecified atom stereocenters. The van der Waals surface area contributed by atoms with E-state index < -0.39 is 0 Å². The van der Waals surface area contributed by atoms with Gasteiger partial charge in [-0.2, -0.15) is 0 Å². The van der Waals surface area contributed by atoms with E-state index >= 15 is 0 Å². The number of aromatic nitrogens is 1. The minimum absolute atomic E-state index is 1.11. The minimum Gasteiger partial charge on any atom is -0.310 e. The Balaban J connectivity index is 1.10. The van der Waals surface area contributed by atoms with Crippen LogP contribution in [0.3, 0.4) is 0 Å². The number of anilines is 3. The highest BCUT2D eigenvalue weighted by atomic mass is 32.1. The Hall–Kier alpha value is -6.42. The van der Waals surface area contributed by atoms with Crippen LogP contribution in [0.2, 0.25) is 0 Å². The van der Waals surface area contributed by atoms with Crippen LogP contribution >= 0.6 is 11.3 Å². The molecule has 3 heteroatoms. The van der Waals surface area contributed by atoms with Crippen molar-refractivity contribution in [2.75, 3.05) is 4.90 Å². The highest BCUT2D eigenvalue weighted by Gasteiger charge is 2.18. The summed E-state index contributed by atoms with van der Waals surface area (Å²) in [4.78, 5) is 2.38. The standard InChI is InChI=1S/C48H32N2S/c1-2-12-33(13-3-1)34-22-26-36(27-23-34)49(38-30-31-43-42-17-7-11-21-47(42)51-48(43)32-38)37-28-24-35(25-29-37)39-14-4-8-18-44(39)50-45-19-9-5-15-40(45)41-16-6-10-20-46(41)50/h1-32H. The molecule has 0 aliphatic carbocycles. The van der Waals surface area contributed by atoms with Gasteiger partial charge in [0.05, 0.1) is 16.7 Å². The molecule has 0 N–H and O–H groups in total. The van der Waals surface area contributed by atoms with E-state index in [-0.39, 0.29) is 0 Å². The Kier molecular flexibility index (Phi) is 7.04. The SMILES string of the molecule is c1ccc(-c2ccc(N(c3ccc(-c4ccccc4-n4c5ccccc5c5ccccc54)cc3)c3ccc4c(c3)sc3ccccc34)cc2)cc1. The summed E-state index contributed by atoms with van der Waals surface area (Å²) in [6, 6.07) is 70.3. The fraction of sp³-hybridized carbons (Fsp3) is 0. The molecule has 0 amide bonds. The third kappa shape index (κ3) is 5.01.